The van der Waals surface area contributed by atoms with E-state index < -0.39 is 34.0 Å². The molecule has 0 N–H and O–H groups in total. The second kappa shape index (κ2) is 13.2. The van der Waals surface area contributed by atoms with Crippen LogP contribution in [-0.2, 0) is 21.1 Å². The van der Waals surface area contributed by atoms with Gasteiger partial charge < -0.3 is 14.1 Å². The summed E-state index contributed by atoms with van der Waals surface area (Å²) in [7, 11) is 5.57. The molecule has 0 aliphatic heterocycles. The molecule has 2 aliphatic carbocycles. The third-order valence-electron chi connectivity index (χ3n) is 7.14. The Morgan fingerprint density at radius 3 is 1.22 bits per heavy atom. The van der Waals surface area contributed by atoms with E-state index in [2.05, 4.69) is 67.7 Å². The Morgan fingerprint density at radius 1 is 0.656 bits per heavy atom. The van der Waals surface area contributed by atoms with Crippen molar-refractivity contribution in [1.29, 1.82) is 0 Å². The summed E-state index contributed by atoms with van der Waals surface area (Å²) in [5.41, 5.74) is 0.664. The van der Waals surface area contributed by atoms with Crippen LogP contribution in [0.1, 0.15) is 92.9 Å². The van der Waals surface area contributed by atoms with Gasteiger partial charge in [-0.15, -0.1) is 12.1 Å². The standard InChI is InChI=1S/C24H50N2OSi2.2ClH.Ti/c1-23(2,3)19-15-11-13-17-21(19)25-28(7,8)27-29(9,10)26-22-18-14-12-16-20(22)24(4,5)6;;;/h19-22H,11-18H2,1-10H3;2*1H;/q-2;;;+2/p-2. The monoisotopic (exact) mass is 556 g/mol. The van der Waals surface area contributed by atoms with Gasteiger partial charge in [-0.3, -0.25) is 0 Å². The van der Waals surface area contributed by atoms with Gasteiger partial charge in [0.25, 0.3) is 0 Å². The molecule has 0 radical (unpaired) electrons. The summed E-state index contributed by atoms with van der Waals surface area (Å²) in [6, 6.07) is 0.958. The quantitative estimate of drug-likeness (QED) is 0.300. The Balaban J connectivity index is 0.00000161. The van der Waals surface area contributed by atoms with E-state index in [1.165, 1.54) is 51.4 Å². The average Bonchev–Trinajstić information content (AvgIpc) is 2.59. The zero-order valence-corrected chi connectivity index (χ0v) is 27.6. The summed E-state index contributed by atoms with van der Waals surface area (Å²) in [6.07, 6.45) is 10.5. The van der Waals surface area contributed by atoms with Crippen LogP contribution in [0.5, 0.6) is 0 Å². The molecule has 32 heavy (non-hydrogen) atoms. The summed E-state index contributed by atoms with van der Waals surface area (Å²) in [6.45, 7) is 23.6. The Morgan fingerprint density at radius 2 is 0.938 bits per heavy atom. The van der Waals surface area contributed by atoms with Gasteiger partial charge in [-0.1, -0.05) is 131 Å². The molecule has 4 unspecified atom stereocenters. The van der Waals surface area contributed by atoms with Crippen LogP contribution in [0, 0.1) is 22.7 Å². The van der Waals surface area contributed by atoms with Crippen molar-refractivity contribution in [2.45, 2.75) is 131 Å². The van der Waals surface area contributed by atoms with Gasteiger partial charge in [-0.25, -0.2) is 0 Å². The first-order valence-corrected chi connectivity index (χ1v) is 22.6. The van der Waals surface area contributed by atoms with Gasteiger partial charge >= 0.3 is 35.6 Å². The summed E-state index contributed by atoms with van der Waals surface area (Å²) in [5, 5.41) is 0. The van der Waals surface area contributed by atoms with Gasteiger partial charge in [0.2, 0.25) is 0 Å². The fourth-order valence-corrected chi connectivity index (χ4v) is 13.5. The third kappa shape index (κ3) is 11.1. The Hall–Kier alpha value is 1.61. The van der Waals surface area contributed by atoms with E-state index in [9.17, 15) is 0 Å². The van der Waals surface area contributed by atoms with Gasteiger partial charge in [0.05, 0.1) is 17.0 Å². The minimum absolute atomic E-state index is 0.332. The van der Waals surface area contributed by atoms with Gasteiger partial charge in [0.15, 0.2) is 0 Å². The van der Waals surface area contributed by atoms with Crippen LogP contribution in [0.4, 0.5) is 0 Å². The van der Waals surface area contributed by atoms with E-state index in [4.69, 9.17) is 32.7 Å². The maximum absolute atomic E-state index is 6.90. The van der Waals surface area contributed by atoms with Crippen molar-refractivity contribution in [3.8, 4) is 0 Å². The summed E-state index contributed by atoms with van der Waals surface area (Å²) >= 11 is -0.556. The van der Waals surface area contributed by atoms with Gasteiger partial charge in [0, 0.05) is 0 Å². The van der Waals surface area contributed by atoms with Gasteiger partial charge in [0.1, 0.15) is 0 Å². The van der Waals surface area contributed by atoms with Crippen molar-refractivity contribution in [2.24, 2.45) is 22.7 Å². The molecule has 2 fully saturated rings. The summed E-state index contributed by atoms with van der Waals surface area (Å²) in [4.78, 5) is 10.9. The number of nitrogens with zero attached hydrogens (tertiary/aromatic N) is 2. The Kier molecular flexibility index (Phi) is 13.1. The van der Waals surface area contributed by atoms with Crippen molar-refractivity contribution in [3.63, 3.8) is 0 Å². The summed E-state index contributed by atoms with van der Waals surface area (Å²) in [5.74, 6) is 1.38. The molecule has 190 valence electrons. The van der Waals surface area contributed by atoms with Crippen molar-refractivity contribution in [2.75, 3.05) is 0 Å². The molecule has 2 rings (SSSR count). The zero-order valence-electron chi connectivity index (χ0n) is 22.5. The predicted octanol–water partition coefficient (Wildman–Crippen LogP) is 9.74. The molecule has 0 spiro atoms. The maximum atomic E-state index is 6.90. The van der Waals surface area contributed by atoms with E-state index in [1.807, 2.05) is 0 Å². The van der Waals surface area contributed by atoms with E-state index in [-0.39, 0.29) is 0 Å². The molecule has 0 heterocycles. The normalized spacial score (nSPS) is 28.0. The first-order chi connectivity index (χ1) is 14.5. The molecule has 0 amide bonds. The van der Waals surface area contributed by atoms with Gasteiger partial charge in [-0.05, 0) is 10.8 Å². The SMILES string of the molecule is CC(C)(C)C1CCCCC1[N-][Si](C)(C)O[Si](C)(C)[N-]C1CCCCC1C(C)(C)C.[Cl][Ti][Cl]. The molecule has 4 atom stereocenters. The molecular formula is C24H50Cl2N2OSi2Ti-2. The molecule has 0 aromatic carbocycles. The van der Waals surface area contributed by atoms with Crippen molar-refractivity contribution < 1.29 is 21.1 Å². The molecule has 0 aromatic rings. The molecule has 3 nitrogen and oxygen atoms in total. The van der Waals surface area contributed by atoms with Crippen LogP contribution >= 0.6 is 18.6 Å². The molecular weight excluding hydrogens is 507 g/mol. The molecule has 8 heteroatoms. The van der Waals surface area contributed by atoms with Crippen LogP contribution in [0.25, 0.3) is 9.96 Å². The fraction of sp³-hybridized carbons (Fsp3) is 1.00. The van der Waals surface area contributed by atoms with Crippen LogP contribution in [0.15, 0.2) is 0 Å². The van der Waals surface area contributed by atoms with E-state index >= 15 is 0 Å². The number of rotatable bonds is 6. The van der Waals surface area contributed by atoms with Crippen LogP contribution in [0.3, 0.4) is 0 Å². The van der Waals surface area contributed by atoms with E-state index in [0.29, 0.717) is 34.7 Å². The number of hydrogen-bond donors (Lipinski definition) is 0. The minimum atomic E-state index is -2.11. The second-order valence-electron chi connectivity index (χ2n) is 13.0. The number of halogens is 2. The summed E-state index contributed by atoms with van der Waals surface area (Å²) < 4.78 is 6.90. The first-order valence-electron chi connectivity index (χ1n) is 12.6. The first kappa shape index (κ1) is 31.6. The van der Waals surface area contributed by atoms with Crippen LogP contribution < -0.4 is 0 Å². The van der Waals surface area contributed by atoms with Crippen molar-refractivity contribution in [3.05, 3.63) is 9.96 Å². The Labute approximate surface area is 219 Å². The fourth-order valence-electron chi connectivity index (χ4n) is 6.01. The van der Waals surface area contributed by atoms with E-state index in [0.717, 1.165) is 0 Å². The molecule has 0 bridgehead atoms. The second-order valence-corrected chi connectivity index (χ2v) is 22.7. The molecule has 0 saturated heterocycles. The molecule has 0 aromatic heterocycles. The zero-order chi connectivity index (χ0) is 24.8. The molecule has 2 aliphatic rings. The topological polar surface area (TPSA) is 37.4 Å². The van der Waals surface area contributed by atoms with Crippen molar-refractivity contribution >= 4 is 35.6 Å². The van der Waals surface area contributed by atoms with Crippen LogP contribution in [-0.4, -0.2) is 29.0 Å². The van der Waals surface area contributed by atoms with Crippen molar-refractivity contribution in [1.82, 2.24) is 0 Å². The van der Waals surface area contributed by atoms with Crippen LogP contribution in [0.2, 0.25) is 26.2 Å². The third-order valence-corrected chi connectivity index (χ3v) is 13.0. The average molecular weight is 558 g/mol. The predicted molar refractivity (Wildman–Crippen MR) is 145 cm³/mol. The van der Waals surface area contributed by atoms with E-state index in [1.54, 1.807) is 0 Å². The van der Waals surface area contributed by atoms with Gasteiger partial charge in [-0.2, -0.15) is 0 Å². The molecule has 2 saturated carbocycles. The number of hydrogen-bond acceptors (Lipinski definition) is 1. The Bertz CT molecular complexity index is 507.